The van der Waals surface area contributed by atoms with Crippen LogP contribution < -0.4 is 0 Å². The smallest absolute Gasteiger partial charge is 0.382 e. The van der Waals surface area contributed by atoms with Crippen LogP contribution >= 0.6 is 0 Å². The lowest BCUT2D eigenvalue weighted by atomic mass is 9.83. The van der Waals surface area contributed by atoms with Gasteiger partial charge in [-0.15, -0.1) is 0 Å². The van der Waals surface area contributed by atoms with E-state index in [9.17, 15) is 19.7 Å². The van der Waals surface area contributed by atoms with E-state index in [2.05, 4.69) is 6.58 Å². The number of benzene rings is 1. The second kappa shape index (κ2) is 7.49. The van der Waals surface area contributed by atoms with Gasteiger partial charge in [-0.1, -0.05) is 36.4 Å². The average Bonchev–Trinajstić information content (AvgIpc) is 2.44. The molecular formula is C16H19NO5. The van der Waals surface area contributed by atoms with Crippen LogP contribution in [0.1, 0.15) is 30.9 Å². The van der Waals surface area contributed by atoms with Crippen molar-refractivity contribution in [3.63, 3.8) is 0 Å². The third-order valence-corrected chi connectivity index (χ3v) is 3.34. The Bertz CT molecular complexity index is 591. The predicted octanol–water partition coefficient (Wildman–Crippen LogP) is 2.43. The Hall–Kier alpha value is -2.50. The highest BCUT2D eigenvalue weighted by Gasteiger charge is 2.43. The highest BCUT2D eigenvalue weighted by molar-refractivity contribution is 5.95. The van der Waals surface area contributed by atoms with Gasteiger partial charge in [0.05, 0.1) is 12.5 Å². The van der Waals surface area contributed by atoms with Crippen LogP contribution in [0.15, 0.2) is 36.4 Å². The van der Waals surface area contributed by atoms with Crippen molar-refractivity contribution in [3.05, 3.63) is 57.7 Å². The number of hydrogen-bond donors (Lipinski definition) is 0. The van der Waals surface area contributed by atoms with Crippen molar-refractivity contribution in [3.8, 4) is 0 Å². The number of rotatable bonds is 7. The number of carbonyl (C=O) groups excluding carboxylic acids is 2. The minimum Gasteiger partial charge on any atom is -0.461 e. The van der Waals surface area contributed by atoms with E-state index in [4.69, 9.17) is 4.74 Å². The number of Topliss-reactive ketones (excluding diaryl/α,β-unsaturated/α-hetero) is 1. The monoisotopic (exact) mass is 305 g/mol. The second-order valence-corrected chi connectivity index (χ2v) is 4.95. The molecule has 0 aliphatic rings. The number of nitrogens with zero attached hydrogens (tertiary/aromatic N) is 1. The van der Waals surface area contributed by atoms with Gasteiger partial charge in [0.1, 0.15) is 0 Å². The van der Waals surface area contributed by atoms with Gasteiger partial charge in [0.2, 0.25) is 0 Å². The van der Waals surface area contributed by atoms with Crippen molar-refractivity contribution in [1.82, 2.24) is 0 Å². The van der Waals surface area contributed by atoms with Crippen molar-refractivity contribution >= 4 is 11.8 Å². The molecule has 118 valence electrons. The maximum Gasteiger partial charge on any atom is 0.382 e. The van der Waals surface area contributed by atoms with E-state index in [1.165, 1.54) is 6.92 Å². The summed E-state index contributed by atoms with van der Waals surface area (Å²) in [5, 5.41) is 11.4. The largest absolute Gasteiger partial charge is 0.461 e. The summed E-state index contributed by atoms with van der Waals surface area (Å²) in [5.74, 6) is -2.42. The van der Waals surface area contributed by atoms with Crippen molar-refractivity contribution in [2.75, 3.05) is 6.61 Å². The molecular weight excluding hydrogens is 286 g/mol. The molecule has 0 bridgehead atoms. The molecule has 2 atom stereocenters. The summed E-state index contributed by atoms with van der Waals surface area (Å²) in [7, 11) is 0. The molecule has 1 aromatic rings. The predicted molar refractivity (Wildman–Crippen MR) is 81.2 cm³/mol. The zero-order chi connectivity index (χ0) is 16.9. The third kappa shape index (κ3) is 4.00. The molecule has 0 aliphatic carbocycles. The average molecular weight is 305 g/mol. The first kappa shape index (κ1) is 17.6. The third-order valence-electron chi connectivity index (χ3n) is 3.34. The Morgan fingerprint density at radius 3 is 2.27 bits per heavy atom. The van der Waals surface area contributed by atoms with Crippen LogP contribution in [-0.4, -0.2) is 29.3 Å². The maximum absolute atomic E-state index is 12.0. The quantitative estimate of drug-likeness (QED) is 0.334. The van der Waals surface area contributed by atoms with Crippen molar-refractivity contribution in [2.45, 2.75) is 32.7 Å². The number of aryl methyl sites for hydroxylation is 1. The van der Waals surface area contributed by atoms with E-state index < -0.39 is 28.6 Å². The van der Waals surface area contributed by atoms with E-state index in [0.29, 0.717) is 5.56 Å². The summed E-state index contributed by atoms with van der Waals surface area (Å²) in [5.41, 5.74) is 1.46. The zero-order valence-corrected chi connectivity index (χ0v) is 12.9. The molecule has 0 radical (unpaired) electrons. The summed E-state index contributed by atoms with van der Waals surface area (Å²) < 4.78 is 4.79. The minimum atomic E-state index is -1.70. The number of carbonyl (C=O) groups is 2. The summed E-state index contributed by atoms with van der Waals surface area (Å²) in [6.07, 6.45) is 0. The molecule has 0 aromatic heterocycles. The van der Waals surface area contributed by atoms with E-state index in [-0.39, 0.29) is 12.2 Å². The molecule has 0 N–H and O–H groups in total. The summed E-state index contributed by atoms with van der Waals surface area (Å²) >= 11 is 0. The molecule has 0 heterocycles. The van der Waals surface area contributed by atoms with Gasteiger partial charge >= 0.3 is 12.0 Å². The maximum atomic E-state index is 12.0. The lowest BCUT2D eigenvalue weighted by Crippen LogP contribution is -2.39. The van der Waals surface area contributed by atoms with Crippen LogP contribution in [0, 0.1) is 17.0 Å². The van der Waals surface area contributed by atoms with Crippen molar-refractivity contribution < 1.29 is 19.2 Å². The SMILES string of the molecule is C=C(C(C)=O)C(c1ccc(C)cc1)C(C(=O)OCC)[N+](=O)[O-]. The fourth-order valence-electron chi connectivity index (χ4n) is 2.14. The number of esters is 1. The Kier molecular flexibility index (Phi) is 5.98. The van der Waals surface area contributed by atoms with Gasteiger partial charge < -0.3 is 4.74 Å². The molecule has 2 unspecified atom stereocenters. The topological polar surface area (TPSA) is 86.5 Å². The first-order chi connectivity index (χ1) is 10.3. The lowest BCUT2D eigenvalue weighted by Gasteiger charge is -2.21. The summed E-state index contributed by atoms with van der Waals surface area (Å²) in [4.78, 5) is 34.3. The highest BCUT2D eigenvalue weighted by Crippen LogP contribution is 2.30. The first-order valence-corrected chi connectivity index (χ1v) is 6.86. The van der Waals surface area contributed by atoms with E-state index in [0.717, 1.165) is 5.56 Å². The molecule has 6 nitrogen and oxygen atoms in total. The van der Waals surface area contributed by atoms with Crippen LogP contribution in [0.4, 0.5) is 0 Å². The molecule has 0 amide bonds. The van der Waals surface area contributed by atoms with E-state index >= 15 is 0 Å². The summed E-state index contributed by atoms with van der Waals surface area (Å²) in [6, 6.07) is 5.14. The van der Waals surface area contributed by atoms with E-state index in [1.54, 1.807) is 31.2 Å². The zero-order valence-electron chi connectivity index (χ0n) is 12.9. The molecule has 1 aromatic carbocycles. The molecule has 0 saturated carbocycles. The van der Waals surface area contributed by atoms with Gasteiger partial charge in [-0.2, -0.15) is 0 Å². The number of hydrogen-bond acceptors (Lipinski definition) is 5. The van der Waals surface area contributed by atoms with Crippen LogP contribution in [0.5, 0.6) is 0 Å². The number of ketones is 1. The summed E-state index contributed by atoms with van der Waals surface area (Å²) in [6.45, 7) is 8.37. The lowest BCUT2D eigenvalue weighted by molar-refractivity contribution is -0.513. The Morgan fingerprint density at radius 1 is 1.32 bits per heavy atom. The first-order valence-electron chi connectivity index (χ1n) is 6.86. The molecule has 22 heavy (non-hydrogen) atoms. The van der Waals surface area contributed by atoms with Crippen LogP contribution in [0.3, 0.4) is 0 Å². The molecule has 1 rings (SSSR count). The van der Waals surface area contributed by atoms with E-state index in [1.807, 2.05) is 6.92 Å². The Labute approximate surface area is 128 Å². The number of ether oxygens (including phenoxy) is 1. The van der Waals surface area contributed by atoms with Gasteiger partial charge in [0, 0.05) is 10.5 Å². The van der Waals surface area contributed by atoms with Crippen LogP contribution in [0.25, 0.3) is 0 Å². The van der Waals surface area contributed by atoms with Gasteiger partial charge in [0.15, 0.2) is 5.78 Å². The van der Waals surface area contributed by atoms with Crippen molar-refractivity contribution in [2.24, 2.45) is 0 Å². The fraction of sp³-hybridized carbons (Fsp3) is 0.375. The van der Waals surface area contributed by atoms with Crippen LogP contribution in [0.2, 0.25) is 0 Å². The Morgan fingerprint density at radius 2 is 1.86 bits per heavy atom. The van der Waals surface area contributed by atoms with Crippen LogP contribution in [-0.2, 0) is 14.3 Å². The molecule has 0 spiro atoms. The molecule has 0 aliphatic heterocycles. The van der Waals surface area contributed by atoms with Gasteiger partial charge in [-0.05, 0) is 26.3 Å². The standard InChI is InChI=1S/C16H19NO5/c1-5-22-16(19)15(17(20)21)14(11(3)12(4)18)13-8-6-10(2)7-9-13/h6-9,14-15H,3,5H2,1-2,4H3. The normalized spacial score (nSPS) is 13.0. The minimum absolute atomic E-state index is 0.0126. The van der Waals surface area contributed by atoms with Gasteiger partial charge in [-0.3, -0.25) is 14.9 Å². The molecule has 6 heteroatoms. The Balaban J connectivity index is 3.37. The highest BCUT2D eigenvalue weighted by atomic mass is 16.6. The van der Waals surface area contributed by atoms with Gasteiger partial charge in [-0.25, -0.2) is 4.79 Å². The van der Waals surface area contributed by atoms with Gasteiger partial charge in [0.25, 0.3) is 0 Å². The fourth-order valence-corrected chi connectivity index (χ4v) is 2.14. The van der Waals surface area contributed by atoms with Crippen molar-refractivity contribution in [1.29, 1.82) is 0 Å². The molecule has 0 saturated heterocycles. The molecule has 0 fully saturated rings. The number of nitro groups is 1. The second-order valence-electron chi connectivity index (χ2n) is 4.95.